The summed E-state index contributed by atoms with van der Waals surface area (Å²) < 4.78 is 4.71. The molecule has 0 saturated heterocycles. The minimum atomic E-state index is -0.489. The highest BCUT2D eigenvalue weighted by atomic mass is 16.5. The van der Waals surface area contributed by atoms with E-state index in [2.05, 4.69) is 6.58 Å². The Bertz CT molecular complexity index is 239. The maximum absolute atomic E-state index is 10.9. The molecule has 0 radical (unpaired) electrons. The van der Waals surface area contributed by atoms with Crippen LogP contribution in [0.25, 0.3) is 0 Å². The third-order valence-corrected chi connectivity index (χ3v) is 1.24. The molecule has 0 saturated carbocycles. The van der Waals surface area contributed by atoms with Gasteiger partial charge in [-0.25, -0.2) is 4.79 Å². The summed E-state index contributed by atoms with van der Waals surface area (Å²) in [5, 5.41) is 0. The summed E-state index contributed by atoms with van der Waals surface area (Å²) in [5.74, 6) is -0.745. The number of esters is 1. The Morgan fingerprint density at radius 1 is 1.38 bits per heavy atom. The van der Waals surface area contributed by atoms with Crippen LogP contribution in [-0.4, -0.2) is 18.4 Å². The van der Waals surface area contributed by atoms with E-state index in [4.69, 9.17) is 4.74 Å². The average Bonchev–Trinajstić information content (AvgIpc) is 2.10. The first-order valence-corrected chi connectivity index (χ1v) is 4.12. The predicted molar refractivity (Wildman–Crippen MR) is 50.2 cm³/mol. The Balaban J connectivity index is 3.90. The quantitative estimate of drug-likeness (QED) is 0.479. The Labute approximate surface area is 78.1 Å². The van der Waals surface area contributed by atoms with Gasteiger partial charge in [0, 0.05) is 6.08 Å². The monoisotopic (exact) mass is 182 g/mol. The number of carbonyl (C=O) groups excluding carboxylic acids is 2. The van der Waals surface area contributed by atoms with Crippen LogP contribution < -0.4 is 0 Å². The summed E-state index contributed by atoms with van der Waals surface area (Å²) in [5.41, 5.74) is 0.402. The van der Waals surface area contributed by atoms with Crippen LogP contribution in [0.3, 0.4) is 0 Å². The second-order valence-corrected chi connectivity index (χ2v) is 2.65. The van der Waals surface area contributed by atoms with E-state index in [9.17, 15) is 9.59 Å². The van der Waals surface area contributed by atoms with E-state index in [0.717, 1.165) is 12.5 Å². The van der Waals surface area contributed by atoms with Crippen molar-refractivity contribution in [3.63, 3.8) is 0 Å². The predicted octanol–water partition coefficient (Wildman–Crippen LogP) is 1.64. The Morgan fingerprint density at radius 2 is 2.00 bits per heavy atom. The summed E-state index contributed by atoms with van der Waals surface area (Å²) in [6.07, 6.45) is 3.06. The first-order chi connectivity index (χ1) is 6.07. The van der Waals surface area contributed by atoms with Gasteiger partial charge in [-0.2, -0.15) is 0 Å². The number of ether oxygens (including phenoxy) is 1. The molecule has 72 valence electrons. The van der Waals surface area contributed by atoms with Crippen LogP contribution in [0.4, 0.5) is 0 Å². The minimum Gasteiger partial charge on any atom is -0.463 e. The third kappa shape index (κ3) is 5.84. The van der Waals surface area contributed by atoms with Crippen molar-refractivity contribution in [1.29, 1.82) is 0 Å². The summed E-state index contributed by atoms with van der Waals surface area (Å²) in [7, 11) is 0. The van der Waals surface area contributed by atoms with Crippen LogP contribution in [0.1, 0.15) is 20.3 Å². The van der Waals surface area contributed by atoms with E-state index in [0.29, 0.717) is 12.2 Å². The lowest BCUT2D eigenvalue weighted by molar-refractivity contribution is -0.137. The fourth-order valence-corrected chi connectivity index (χ4v) is 0.537. The zero-order valence-corrected chi connectivity index (χ0v) is 8.00. The molecule has 0 atom stereocenters. The second kappa shape index (κ2) is 6.17. The highest BCUT2D eigenvalue weighted by Crippen LogP contribution is 1.92. The van der Waals surface area contributed by atoms with Crippen molar-refractivity contribution >= 4 is 11.8 Å². The fraction of sp³-hybridized carbons (Fsp3) is 0.400. The van der Waals surface area contributed by atoms with Gasteiger partial charge in [-0.15, -0.1) is 0 Å². The number of rotatable bonds is 5. The lowest BCUT2D eigenvalue weighted by Crippen LogP contribution is -2.02. The number of hydrogen-bond donors (Lipinski definition) is 0. The molecule has 0 N–H and O–H groups in total. The summed E-state index contributed by atoms with van der Waals surface area (Å²) >= 11 is 0. The highest BCUT2D eigenvalue weighted by molar-refractivity contribution is 6.05. The Kier molecular flexibility index (Phi) is 5.52. The number of carbonyl (C=O) groups is 2. The van der Waals surface area contributed by atoms with Gasteiger partial charge in [0.05, 0.1) is 6.61 Å². The molecule has 0 rings (SSSR count). The topological polar surface area (TPSA) is 43.4 Å². The van der Waals surface area contributed by atoms with Crippen LogP contribution in [-0.2, 0) is 14.3 Å². The highest BCUT2D eigenvalue weighted by Gasteiger charge is 1.99. The lowest BCUT2D eigenvalue weighted by Gasteiger charge is -1.96. The van der Waals surface area contributed by atoms with Crippen molar-refractivity contribution in [1.82, 2.24) is 0 Å². The van der Waals surface area contributed by atoms with Gasteiger partial charge in [0.1, 0.15) is 0 Å². The van der Waals surface area contributed by atoms with Crippen molar-refractivity contribution < 1.29 is 14.3 Å². The molecule has 0 spiro atoms. The van der Waals surface area contributed by atoms with Crippen molar-refractivity contribution in [2.24, 2.45) is 0 Å². The molecule has 0 aliphatic rings. The van der Waals surface area contributed by atoms with Crippen LogP contribution in [0.2, 0.25) is 0 Å². The van der Waals surface area contributed by atoms with Gasteiger partial charge in [0.15, 0.2) is 5.78 Å². The molecule has 0 unspecified atom stereocenters. The Hall–Kier alpha value is -1.38. The SMILES string of the molecule is C=C(C)C(=O)C=CC(=O)OCCC. The van der Waals surface area contributed by atoms with Crippen LogP contribution in [0.15, 0.2) is 24.3 Å². The maximum atomic E-state index is 10.9. The van der Waals surface area contributed by atoms with Crippen LogP contribution in [0, 0.1) is 0 Å². The first-order valence-electron chi connectivity index (χ1n) is 4.12. The van der Waals surface area contributed by atoms with E-state index >= 15 is 0 Å². The summed E-state index contributed by atoms with van der Waals surface area (Å²) in [4.78, 5) is 21.8. The Morgan fingerprint density at radius 3 is 2.46 bits per heavy atom. The van der Waals surface area contributed by atoms with Crippen molar-refractivity contribution in [3.05, 3.63) is 24.3 Å². The van der Waals surface area contributed by atoms with Gasteiger partial charge in [0.25, 0.3) is 0 Å². The molecule has 0 bridgehead atoms. The molecule has 0 aromatic carbocycles. The molecular weight excluding hydrogens is 168 g/mol. The number of hydrogen-bond acceptors (Lipinski definition) is 3. The standard InChI is InChI=1S/C10H14O3/c1-4-7-13-10(12)6-5-9(11)8(2)3/h5-6H,2,4,7H2,1,3H3. The molecule has 0 aliphatic carbocycles. The lowest BCUT2D eigenvalue weighted by atomic mass is 10.2. The molecule has 13 heavy (non-hydrogen) atoms. The van der Waals surface area contributed by atoms with E-state index in [1.54, 1.807) is 6.92 Å². The van der Waals surface area contributed by atoms with Gasteiger partial charge < -0.3 is 4.74 Å². The number of allylic oxidation sites excluding steroid dienone is 2. The molecule has 0 aliphatic heterocycles. The van der Waals surface area contributed by atoms with Crippen LogP contribution in [0.5, 0.6) is 0 Å². The van der Waals surface area contributed by atoms with Crippen molar-refractivity contribution in [2.75, 3.05) is 6.61 Å². The van der Waals surface area contributed by atoms with Crippen LogP contribution >= 0.6 is 0 Å². The molecule has 0 amide bonds. The summed E-state index contributed by atoms with van der Waals surface area (Å²) in [6.45, 7) is 7.31. The average molecular weight is 182 g/mol. The largest absolute Gasteiger partial charge is 0.463 e. The number of ketones is 1. The normalized spacial score (nSPS) is 10.0. The van der Waals surface area contributed by atoms with Crippen molar-refractivity contribution in [3.8, 4) is 0 Å². The van der Waals surface area contributed by atoms with E-state index in [1.807, 2.05) is 6.92 Å². The fourth-order valence-electron chi connectivity index (χ4n) is 0.537. The molecule has 0 heterocycles. The maximum Gasteiger partial charge on any atom is 0.330 e. The molecular formula is C10H14O3. The van der Waals surface area contributed by atoms with Crippen molar-refractivity contribution in [2.45, 2.75) is 20.3 Å². The summed E-state index contributed by atoms with van der Waals surface area (Å²) in [6, 6.07) is 0. The van der Waals surface area contributed by atoms with E-state index in [-0.39, 0.29) is 5.78 Å². The van der Waals surface area contributed by atoms with Gasteiger partial charge in [-0.3, -0.25) is 4.79 Å². The molecule has 3 heteroatoms. The van der Waals surface area contributed by atoms with Gasteiger partial charge in [-0.05, 0) is 25.0 Å². The zero-order chi connectivity index (χ0) is 10.3. The molecule has 0 aromatic rings. The van der Waals surface area contributed by atoms with Gasteiger partial charge in [0.2, 0.25) is 0 Å². The third-order valence-electron chi connectivity index (χ3n) is 1.24. The zero-order valence-electron chi connectivity index (χ0n) is 8.00. The van der Waals surface area contributed by atoms with Gasteiger partial charge >= 0.3 is 5.97 Å². The molecule has 3 nitrogen and oxygen atoms in total. The smallest absolute Gasteiger partial charge is 0.330 e. The van der Waals surface area contributed by atoms with Gasteiger partial charge in [-0.1, -0.05) is 13.5 Å². The molecule has 0 aromatic heterocycles. The minimum absolute atomic E-state index is 0.256. The van der Waals surface area contributed by atoms with E-state index in [1.165, 1.54) is 6.08 Å². The van der Waals surface area contributed by atoms with E-state index < -0.39 is 5.97 Å². The molecule has 0 fully saturated rings. The second-order valence-electron chi connectivity index (χ2n) is 2.65. The first kappa shape index (κ1) is 11.6.